The Morgan fingerprint density at radius 3 is 2.63 bits per heavy atom. The van der Waals surface area contributed by atoms with E-state index in [-0.39, 0.29) is 24.8 Å². The van der Waals surface area contributed by atoms with Crippen LogP contribution in [0.5, 0.6) is 0 Å². The first-order valence-corrected chi connectivity index (χ1v) is 8.31. The number of carbonyl (C=O) groups is 3. The second kappa shape index (κ2) is 7.70. The van der Waals surface area contributed by atoms with E-state index >= 15 is 0 Å². The van der Waals surface area contributed by atoms with Crippen molar-refractivity contribution in [3.8, 4) is 6.07 Å². The minimum absolute atomic E-state index is 0.0997. The van der Waals surface area contributed by atoms with Crippen molar-refractivity contribution in [2.24, 2.45) is 5.92 Å². The molecule has 0 aliphatic carbocycles. The molecule has 1 saturated heterocycles. The molecule has 136 valence electrons. The van der Waals surface area contributed by atoms with Gasteiger partial charge < -0.3 is 15.0 Å². The van der Waals surface area contributed by atoms with Crippen LogP contribution in [0, 0.1) is 17.2 Å². The van der Waals surface area contributed by atoms with Gasteiger partial charge in [0.2, 0.25) is 11.8 Å². The van der Waals surface area contributed by atoms with E-state index in [1.807, 2.05) is 6.07 Å². The van der Waals surface area contributed by atoms with Crippen molar-refractivity contribution in [3.63, 3.8) is 0 Å². The summed E-state index contributed by atoms with van der Waals surface area (Å²) in [6, 6.07) is 15.1. The molecule has 27 heavy (non-hydrogen) atoms. The van der Waals surface area contributed by atoms with Crippen molar-refractivity contribution in [3.05, 3.63) is 59.7 Å². The fraction of sp³-hybridized carbons (Fsp3) is 0.200. The van der Waals surface area contributed by atoms with Crippen LogP contribution in [0.25, 0.3) is 0 Å². The molecule has 1 N–H and O–H groups in total. The number of hydrogen-bond donors (Lipinski definition) is 1. The Kier molecular flexibility index (Phi) is 5.18. The molecular formula is C20H17N3O4. The quantitative estimate of drug-likeness (QED) is 0.841. The number of methoxy groups -OCH3 is 1. The molecule has 1 aliphatic heterocycles. The summed E-state index contributed by atoms with van der Waals surface area (Å²) < 4.78 is 4.67. The van der Waals surface area contributed by atoms with Gasteiger partial charge in [0, 0.05) is 24.3 Å². The molecule has 0 bridgehead atoms. The highest BCUT2D eigenvalue weighted by Crippen LogP contribution is 2.26. The van der Waals surface area contributed by atoms with Gasteiger partial charge in [-0.3, -0.25) is 9.59 Å². The predicted molar refractivity (Wildman–Crippen MR) is 98.0 cm³/mol. The van der Waals surface area contributed by atoms with Crippen molar-refractivity contribution in [1.82, 2.24) is 0 Å². The summed E-state index contributed by atoms with van der Waals surface area (Å²) in [4.78, 5) is 38.0. The molecule has 0 radical (unpaired) electrons. The lowest BCUT2D eigenvalue weighted by molar-refractivity contribution is -0.122. The van der Waals surface area contributed by atoms with Crippen LogP contribution in [-0.2, 0) is 14.3 Å². The maximum Gasteiger partial charge on any atom is 0.337 e. The topological polar surface area (TPSA) is 99.5 Å². The summed E-state index contributed by atoms with van der Waals surface area (Å²) in [6.45, 7) is 0.257. The van der Waals surface area contributed by atoms with Crippen molar-refractivity contribution in [2.45, 2.75) is 6.42 Å². The van der Waals surface area contributed by atoms with Gasteiger partial charge in [0.05, 0.1) is 30.2 Å². The molecule has 2 aromatic carbocycles. The maximum absolute atomic E-state index is 12.5. The normalized spacial score (nSPS) is 15.9. The van der Waals surface area contributed by atoms with Crippen molar-refractivity contribution in [1.29, 1.82) is 5.26 Å². The Labute approximate surface area is 156 Å². The zero-order valence-corrected chi connectivity index (χ0v) is 14.6. The first-order chi connectivity index (χ1) is 13.0. The van der Waals surface area contributed by atoms with Crippen LogP contribution < -0.4 is 10.2 Å². The molecule has 0 saturated carbocycles. The van der Waals surface area contributed by atoms with E-state index in [1.165, 1.54) is 18.1 Å². The number of ether oxygens (including phenoxy) is 1. The number of nitrogens with one attached hydrogen (secondary N) is 1. The molecule has 1 fully saturated rings. The van der Waals surface area contributed by atoms with Crippen LogP contribution >= 0.6 is 0 Å². The van der Waals surface area contributed by atoms with Gasteiger partial charge in [-0.2, -0.15) is 5.26 Å². The largest absolute Gasteiger partial charge is 0.465 e. The summed E-state index contributed by atoms with van der Waals surface area (Å²) in [5.41, 5.74) is 1.95. The summed E-state index contributed by atoms with van der Waals surface area (Å²) in [6.07, 6.45) is 0.0997. The third-order valence-corrected chi connectivity index (χ3v) is 4.36. The smallest absolute Gasteiger partial charge is 0.337 e. The Balaban J connectivity index is 1.69. The summed E-state index contributed by atoms with van der Waals surface area (Å²) in [7, 11) is 1.29. The Morgan fingerprint density at radius 1 is 1.22 bits per heavy atom. The number of rotatable bonds is 4. The van der Waals surface area contributed by atoms with Gasteiger partial charge in [-0.1, -0.05) is 6.07 Å². The Morgan fingerprint density at radius 2 is 1.96 bits per heavy atom. The molecule has 7 nitrogen and oxygen atoms in total. The summed E-state index contributed by atoms with van der Waals surface area (Å²) in [5, 5.41) is 11.6. The van der Waals surface area contributed by atoms with E-state index in [2.05, 4.69) is 10.1 Å². The molecule has 0 spiro atoms. The number of nitriles is 1. The van der Waals surface area contributed by atoms with Gasteiger partial charge in [-0.25, -0.2) is 4.79 Å². The van der Waals surface area contributed by atoms with Crippen LogP contribution in [0.1, 0.15) is 22.3 Å². The first-order valence-electron chi connectivity index (χ1n) is 8.31. The molecule has 1 atom stereocenters. The molecule has 1 unspecified atom stereocenters. The van der Waals surface area contributed by atoms with Gasteiger partial charge >= 0.3 is 5.97 Å². The van der Waals surface area contributed by atoms with E-state index in [0.29, 0.717) is 22.5 Å². The van der Waals surface area contributed by atoms with Crippen molar-refractivity contribution in [2.75, 3.05) is 23.9 Å². The molecule has 3 rings (SSSR count). The van der Waals surface area contributed by atoms with E-state index in [9.17, 15) is 14.4 Å². The van der Waals surface area contributed by atoms with Crippen molar-refractivity contribution < 1.29 is 19.1 Å². The van der Waals surface area contributed by atoms with Gasteiger partial charge in [-0.05, 0) is 42.5 Å². The van der Waals surface area contributed by atoms with Crippen LogP contribution in [0.2, 0.25) is 0 Å². The van der Waals surface area contributed by atoms with Gasteiger partial charge in [0.15, 0.2) is 0 Å². The van der Waals surface area contributed by atoms with Gasteiger partial charge in [-0.15, -0.1) is 0 Å². The van der Waals surface area contributed by atoms with Crippen LogP contribution in [-0.4, -0.2) is 31.4 Å². The minimum Gasteiger partial charge on any atom is -0.465 e. The number of carbonyl (C=O) groups excluding carboxylic acids is 3. The highest BCUT2D eigenvalue weighted by atomic mass is 16.5. The maximum atomic E-state index is 12.5. The van der Waals surface area contributed by atoms with Gasteiger partial charge in [0.1, 0.15) is 0 Å². The highest BCUT2D eigenvalue weighted by Gasteiger charge is 2.35. The van der Waals surface area contributed by atoms with E-state index < -0.39 is 11.9 Å². The fourth-order valence-corrected chi connectivity index (χ4v) is 2.93. The summed E-state index contributed by atoms with van der Waals surface area (Å²) in [5.74, 6) is -1.44. The highest BCUT2D eigenvalue weighted by molar-refractivity contribution is 6.03. The zero-order chi connectivity index (χ0) is 19.4. The summed E-state index contributed by atoms with van der Waals surface area (Å²) >= 11 is 0. The molecule has 7 heteroatoms. The van der Waals surface area contributed by atoms with E-state index in [4.69, 9.17) is 5.26 Å². The number of hydrogen-bond acceptors (Lipinski definition) is 5. The molecule has 1 heterocycles. The van der Waals surface area contributed by atoms with Crippen molar-refractivity contribution >= 4 is 29.2 Å². The van der Waals surface area contributed by atoms with Crippen LogP contribution in [0.3, 0.4) is 0 Å². The molecule has 2 aromatic rings. The zero-order valence-electron chi connectivity index (χ0n) is 14.6. The Bertz CT molecular complexity index is 931. The van der Waals surface area contributed by atoms with Crippen LogP contribution in [0.4, 0.5) is 11.4 Å². The average Bonchev–Trinajstić information content (AvgIpc) is 3.09. The number of anilines is 2. The average molecular weight is 363 g/mol. The number of amides is 2. The lowest BCUT2D eigenvalue weighted by Gasteiger charge is -2.16. The van der Waals surface area contributed by atoms with E-state index in [1.54, 1.807) is 42.5 Å². The second-order valence-corrected chi connectivity index (χ2v) is 6.13. The van der Waals surface area contributed by atoms with Gasteiger partial charge in [0.25, 0.3) is 0 Å². The second-order valence-electron chi connectivity index (χ2n) is 6.13. The molecule has 0 aromatic heterocycles. The molecule has 2 amide bonds. The lowest BCUT2D eigenvalue weighted by atomic mass is 10.1. The standard InChI is InChI=1S/C20H17N3O4/c1-27-20(26)14-3-2-4-16(9-14)22-19(25)15-10-18(24)23(12-15)17-7-5-13(11-21)6-8-17/h2-9,15H,10,12H2,1H3,(H,22,25). The minimum atomic E-state index is -0.505. The molecule has 1 aliphatic rings. The fourth-order valence-electron chi connectivity index (χ4n) is 2.93. The number of benzene rings is 2. The number of esters is 1. The van der Waals surface area contributed by atoms with Crippen LogP contribution in [0.15, 0.2) is 48.5 Å². The SMILES string of the molecule is COC(=O)c1cccc(NC(=O)C2CC(=O)N(c3ccc(C#N)cc3)C2)c1. The molecular weight excluding hydrogens is 346 g/mol. The predicted octanol–water partition coefficient (Wildman–Crippen LogP) is 2.34. The van der Waals surface area contributed by atoms with E-state index in [0.717, 1.165) is 0 Å². The first kappa shape index (κ1) is 18.1. The Hall–Kier alpha value is -3.66. The third-order valence-electron chi connectivity index (χ3n) is 4.36. The third kappa shape index (κ3) is 3.96. The number of nitrogens with zero attached hydrogens (tertiary/aromatic N) is 2. The lowest BCUT2D eigenvalue weighted by Crippen LogP contribution is -2.28. The monoisotopic (exact) mass is 363 g/mol.